The quantitative estimate of drug-likeness (QED) is 0.816. The van der Waals surface area contributed by atoms with Gasteiger partial charge < -0.3 is 4.90 Å². The maximum atomic E-state index is 12.8. The predicted octanol–water partition coefficient (Wildman–Crippen LogP) is 4.22. The maximum absolute atomic E-state index is 12.8. The Balaban J connectivity index is 1.77. The van der Waals surface area contributed by atoms with Gasteiger partial charge in [-0.15, -0.1) is 0 Å². The molecule has 1 unspecified atom stereocenters. The lowest BCUT2D eigenvalue weighted by Gasteiger charge is -2.41. The van der Waals surface area contributed by atoms with Gasteiger partial charge in [0.05, 0.1) is 11.6 Å². The van der Waals surface area contributed by atoms with Crippen LogP contribution in [0.2, 0.25) is 0 Å². The van der Waals surface area contributed by atoms with E-state index in [0.29, 0.717) is 13.1 Å². The molecule has 1 amide bonds. The van der Waals surface area contributed by atoms with E-state index in [4.69, 9.17) is 0 Å². The Labute approximate surface area is 151 Å². The molecule has 0 saturated carbocycles. The van der Waals surface area contributed by atoms with Crippen LogP contribution in [0, 0.1) is 0 Å². The van der Waals surface area contributed by atoms with Gasteiger partial charge in [0.1, 0.15) is 0 Å². The number of likely N-dealkylation sites (N-methyl/N-ethyl adjacent to an activating group) is 1. The number of hydrogen-bond donors (Lipinski definition) is 0. The first kappa shape index (κ1) is 18.5. The topological polar surface area (TPSA) is 23.6 Å². The summed E-state index contributed by atoms with van der Waals surface area (Å²) >= 11 is 0. The molecule has 0 radical (unpaired) electrons. The third-order valence-corrected chi connectivity index (χ3v) is 4.83. The summed E-state index contributed by atoms with van der Waals surface area (Å²) in [5, 5.41) is 0. The minimum absolute atomic E-state index is 0.0911. The molecule has 1 atom stereocenters. The third-order valence-electron chi connectivity index (χ3n) is 4.83. The van der Waals surface area contributed by atoms with Crippen molar-refractivity contribution in [1.29, 1.82) is 0 Å². The largest absolute Gasteiger partial charge is 0.416 e. The lowest BCUT2D eigenvalue weighted by Crippen LogP contribution is -2.50. The molecule has 3 rings (SSSR count). The van der Waals surface area contributed by atoms with Crippen molar-refractivity contribution < 1.29 is 18.0 Å². The van der Waals surface area contributed by atoms with Gasteiger partial charge in [0.25, 0.3) is 5.91 Å². The summed E-state index contributed by atoms with van der Waals surface area (Å²) in [6.07, 6.45) is -4.40. The van der Waals surface area contributed by atoms with Gasteiger partial charge in [-0.05, 0) is 36.4 Å². The molecule has 2 aromatic rings. The fourth-order valence-corrected chi connectivity index (χ4v) is 3.36. The van der Waals surface area contributed by atoms with E-state index >= 15 is 0 Å². The number of halogens is 3. The van der Waals surface area contributed by atoms with Crippen molar-refractivity contribution in [2.24, 2.45) is 0 Å². The Bertz CT molecular complexity index is 744. The molecular formula is C20H21F3N2O. The lowest BCUT2D eigenvalue weighted by atomic mass is 10.0. The molecule has 0 aromatic heterocycles. The van der Waals surface area contributed by atoms with E-state index in [9.17, 15) is 18.0 Å². The van der Waals surface area contributed by atoms with Gasteiger partial charge in [0, 0.05) is 25.2 Å². The van der Waals surface area contributed by atoms with E-state index in [1.54, 1.807) is 4.90 Å². The molecule has 0 aliphatic carbocycles. The first-order valence-electron chi connectivity index (χ1n) is 8.65. The number of carbonyl (C=O) groups excluding carboxylic acids is 1. The highest BCUT2D eigenvalue weighted by Crippen LogP contribution is 2.30. The van der Waals surface area contributed by atoms with Gasteiger partial charge in [-0.2, -0.15) is 13.2 Å². The highest BCUT2D eigenvalue weighted by Gasteiger charge is 2.32. The second kappa shape index (κ2) is 7.50. The summed E-state index contributed by atoms with van der Waals surface area (Å²) in [5.41, 5.74) is 0.682. The average Bonchev–Trinajstić information content (AvgIpc) is 2.67. The summed E-state index contributed by atoms with van der Waals surface area (Å²) in [4.78, 5) is 16.8. The van der Waals surface area contributed by atoms with Crippen molar-refractivity contribution in [2.75, 3.05) is 26.2 Å². The smallest absolute Gasteiger partial charge is 0.335 e. The average molecular weight is 362 g/mol. The van der Waals surface area contributed by atoms with Crippen molar-refractivity contribution in [3.63, 3.8) is 0 Å². The number of hydrogen-bond acceptors (Lipinski definition) is 2. The van der Waals surface area contributed by atoms with Crippen LogP contribution in [0.5, 0.6) is 0 Å². The normalized spacial score (nSPS) is 18.8. The molecule has 1 aliphatic heterocycles. The van der Waals surface area contributed by atoms with Crippen LogP contribution in [-0.4, -0.2) is 41.9 Å². The van der Waals surface area contributed by atoms with Gasteiger partial charge in [-0.3, -0.25) is 9.69 Å². The summed E-state index contributed by atoms with van der Waals surface area (Å²) in [6.45, 7) is 4.79. The highest BCUT2D eigenvalue weighted by molar-refractivity contribution is 5.94. The zero-order chi connectivity index (χ0) is 18.7. The molecular weight excluding hydrogens is 341 g/mol. The van der Waals surface area contributed by atoms with E-state index < -0.39 is 11.7 Å². The van der Waals surface area contributed by atoms with E-state index in [1.165, 1.54) is 12.1 Å². The van der Waals surface area contributed by atoms with Crippen molar-refractivity contribution in [3.05, 3.63) is 71.3 Å². The van der Waals surface area contributed by atoms with Crippen LogP contribution in [0.25, 0.3) is 0 Å². The van der Waals surface area contributed by atoms with Gasteiger partial charge in [-0.25, -0.2) is 0 Å². The minimum Gasteiger partial charge on any atom is -0.335 e. The van der Waals surface area contributed by atoms with Gasteiger partial charge in [0.2, 0.25) is 0 Å². The fourth-order valence-electron chi connectivity index (χ4n) is 3.36. The molecule has 1 aliphatic rings. The SMILES string of the molecule is CCN1CCN(C(=O)c2ccc(C(F)(F)F)cc2)CC1c1ccccc1. The minimum atomic E-state index is -4.40. The Morgan fingerprint density at radius 3 is 2.27 bits per heavy atom. The molecule has 0 N–H and O–H groups in total. The second-order valence-corrected chi connectivity index (χ2v) is 6.38. The molecule has 3 nitrogen and oxygen atoms in total. The van der Waals surface area contributed by atoms with E-state index in [0.717, 1.165) is 30.8 Å². The molecule has 0 bridgehead atoms. The highest BCUT2D eigenvalue weighted by atomic mass is 19.4. The third kappa shape index (κ3) is 3.90. The summed E-state index contributed by atoms with van der Waals surface area (Å²) in [6, 6.07) is 14.5. The molecule has 0 spiro atoms. The number of nitrogens with zero attached hydrogens (tertiary/aromatic N) is 2. The zero-order valence-corrected chi connectivity index (χ0v) is 14.5. The molecule has 138 valence electrons. The second-order valence-electron chi connectivity index (χ2n) is 6.38. The van der Waals surface area contributed by atoms with Gasteiger partial charge >= 0.3 is 6.18 Å². The number of amides is 1. The van der Waals surface area contributed by atoms with Crippen LogP contribution in [-0.2, 0) is 6.18 Å². The molecule has 26 heavy (non-hydrogen) atoms. The Kier molecular flexibility index (Phi) is 5.32. The standard InChI is InChI=1S/C20H21F3N2O/c1-2-24-12-13-25(14-18(24)15-6-4-3-5-7-15)19(26)16-8-10-17(11-9-16)20(21,22)23/h3-11,18H,2,12-14H2,1H3. The monoisotopic (exact) mass is 362 g/mol. The van der Waals surface area contributed by atoms with Gasteiger partial charge in [-0.1, -0.05) is 37.3 Å². The molecule has 6 heteroatoms. The summed E-state index contributed by atoms with van der Waals surface area (Å²) < 4.78 is 38.1. The number of piperazine rings is 1. The van der Waals surface area contributed by atoms with Crippen LogP contribution in [0.1, 0.15) is 34.5 Å². The fraction of sp³-hybridized carbons (Fsp3) is 0.350. The zero-order valence-electron chi connectivity index (χ0n) is 14.5. The first-order chi connectivity index (χ1) is 12.4. The number of carbonyl (C=O) groups is 1. The summed E-state index contributed by atoms with van der Waals surface area (Å²) in [5.74, 6) is -0.226. The maximum Gasteiger partial charge on any atom is 0.416 e. The lowest BCUT2D eigenvalue weighted by molar-refractivity contribution is -0.137. The van der Waals surface area contributed by atoms with E-state index in [1.807, 2.05) is 30.3 Å². The number of benzene rings is 2. The molecule has 1 fully saturated rings. The number of alkyl halides is 3. The summed E-state index contributed by atoms with van der Waals surface area (Å²) in [7, 11) is 0. The first-order valence-corrected chi connectivity index (χ1v) is 8.65. The van der Waals surface area contributed by atoms with Crippen LogP contribution in [0.3, 0.4) is 0 Å². The van der Waals surface area contributed by atoms with E-state index in [-0.39, 0.29) is 17.5 Å². The van der Waals surface area contributed by atoms with Crippen LogP contribution < -0.4 is 0 Å². The Hall–Kier alpha value is -2.34. The molecule has 1 saturated heterocycles. The van der Waals surface area contributed by atoms with Crippen LogP contribution in [0.4, 0.5) is 13.2 Å². The predicted molar refractivity (Wildman–Crippen MR) is 93.8 cm³/mol. The Morgan fingerprint density at radius 1 is 1.04 bits per heavy atom. The van der Waals surface area contributed by atoms with Crippen molar-refractivity contribution in [2.45, 2.75) is 19.1 Å². The van der Waals surface area contributed by atoms with Crippen LogP contribution in [0.15, 0.2) is 54.6 Å². The van der Waals surface area contributed by atoms with Crippen molar-refractivity contribution in [1.82, 2.24) is 9.80 Å². The molecule has 2 aromatic carbocycles. The Morgan fingerprint density at radius 2 is 1.69 bits per heavy atom. The number of rotatable bonds is 3. The van der Waals surface area contributed by atoms with Gasteiger partial charge in [0.15, 0.2) is 0 Å². The van der Waals surface area contributed by atoms with Crippen LogP contribution >= 0.6 is 0 Å². The van der Waals surface area contributed by atoms with E-state index in [2.05, 4.69) is 11.8 Å². The molecule has 1 heterocycles. The van der Waals surface area contributed by atoms with Crippen molar-refractivity contribution >= 4 is 5.91 Å². The van der Waals surface area contributed by atoms with Crippen molar-refractivity contribution in [3.8, 4) is 0 Å².